The van der Waals surface area contributed by atoms with E-state index in [4.69, 9.17) is 0 Å². The van der Waals surface area contributed by atoms with Crippen molar-refractivity contribution >= 4 is 28.7 Å². The summed E-state index contributed by atoms with van der Waals surface area (Å²) in [5.74, 6) is -0.0154. The second-order valence-electron chi connectivity index (χ2n) is 8.53. The third-order valence-electron chi connectivity index (χ3n) is 6.16. The minimum Gasteiger partial charge on any atom is -0.348 e. The standard InChI is InChI=1S/C26H25FN6O2/c1-18-9-10-20(16-21(18)27)29-26(35)32-14-12-31(13-15-32)24-25(34)33(17-19-6-3-2-4-7-19)23-22(30-24)8-5-11-28-23/h2-11,16H,12-15,17H2,1H3,(H,29,35). The maximum Gasteiger partial charge on any atom is 0.321 e. The van der Waals surface area contributed by atoms with Crippen LogP contribution >= 0.6 is 0 Å². The average Bonchev–Trinajstić information content (AvgIpc) is 2.88. The fraction of sp³-hybridized carbons (Fsp3) is 0.231. The number of aromatic nitrogens is 3. The first-order valence-electron chi connectivity index (χ1n) is 11.5. The third kappa shape index (κ3) is 4.70. The first-order chi connectivity index (χ1) is 17.0. The van der Waals surface area contributed by atoms with Crippen LogP contribution in [0.1, 0.15) is 11.1 Å². The minimum absolute atomic E-state index is 0.215. The largest absolute Gasteiger partial charge is 0.348 e. The molecule has 1 N–H and O–H groups in total. The number of carbonyl (C=O) groups is 1. The van der Waals surface area contributed by atoms with E-state index in [1.165, 1.54) is 6.07 Å². The van der Waals surface area contributed by atoms with Crippen LogP contribution in [0.2, 0.25) is 0 Å². The molecule has 1 aliphatic heterocycles. The van der Waals surface area contributed by atoms with Crippen LogP contribution in [0.25, 0.3) is 11.2 Å². The molecule has 9 heteroatoms. The Morgan fingerprint density at radius 2 is 1.80 bits per heavy atom. The van der Waals surface area contributed by atoms with Gasteiger partial charge >= 0.3 is 6.03 Å². The van der Waals surface area contributed by atoms with Crippen LogP contribution in [0.3, 0.4) is 0 Å². The zero-order valence-corrected chi connectivity index (χ0v) is 19.3. The number of anilines is 2. The molecule has 5 rings (SSSR count). The van der Waals surface area contributed by atoms with E-state index in [2.05, 4.69) is 15.3 Å². The Kier molecular flexibility index (Phi) is 6.13. The number of benzene rings is 2. The van der Waals surface area contributed by atoms with Crippen molar-refractivity contribution in [1.82, 2.24) is 19.4 Å². The lowest BCUT2D eigenvalue weighted by atomic mass is 10.2. The Bertz CT molecular complexity index is 1430. The lowest BCUT2D eigenvalue weighted by Crippen LogP contribution is -2.51. The lowest BCUT2D eigenvalue weighted by Gasteiger charge is -2.35. The van der Waals surface area contributed by atoms with E-state index in [-0.39, 0.29) is 17.4 Å². The van der Waals surface area contributed by atoms with Gasteiger partial charge < -0.3 is 15.1 Å². The fourth-order valence-electron chi connectivity index (χ4n) is 4.18. The molecule has 2 aromatic carbocycles. The molecule has 0 aliphatic carbocycles. The molecule has 1 saturated heterocycles. The highest BCUT2D eigenvalue weighted by Gasteiger charge is 2.25. The molecule has 2 aromatic heterocycles. The second-order valence-corrected chi connectivity index (χ2v) is 8.53. The number of halogens is 1. The Morgan fingerprint density at radius 3 is 2.54 bits per heavy atom. The van der Waals surface area contributed by atoms with Gasteiger partial charge in [0.15, 0.2) is 11.5 Å². The van der Waals surface area contributed by atoms with Crippen LogP contribution in [-0.2, 0) is 6.54 Å². The highest BCUT2D eigenvalue weighted by Crippen LogP contribution is 2.18. The number of carbonyl (C=O) groups excluding carboxylic acids is 1. The molecule has 0 unspecified atom stereocenters. The number of urea groups is 1. The average molecular weight is 473 g/mol. The number of hydrogen-bond donors (Lipinski definition) is 1. The van der Waals surface area contributed by atoms with Gasteiger partial charge in [-0.2, -0.15) is 0 Å². The Balaban J connectivity index is 1.35. The second kappa shape index (κ2) is 9.54. The molecule has 0 atom stereocenters. The van der Waals surface area contributed by atoms with E-state index in [9.17, 15) is 14.0 Å². The Labute approximate surface area is 201 Å². The number of fused-ring (bicyclic) bond motifs is 1. The maximum absolute atomic E-state index is 13.8. The number of hydrogen-bond acceptors (Lipinski definition) is 5. The van der Waals surface area contributed by atoms with E-state index in [0.29, 0.717) is 61.0 Å². The van der Waals surface area contributed by atoms with Crippen LogP contribution in [0, 0.1) is 12.7 Å². The molecule has 0 radical (unpaired) electrons. The minimum atomic E-state index is -0.365. The van der Waals surface area contributed by atoms with Crippen molar-refractivity contribution in [2.24, 2.45) is 0 Å². The summed E-state index contributed by atoms with van der Waals surface area (Å²) in [6.07, 6.45) is 1.65. The normalized spacial score (nSPS) is 13.8. The predicted molar refractivity (Wildman–Crippen MR) is 133 cm³/mol. The molecule has 0 bridgehead atoms. The number of amides is 2. The van der Waals surface area contributed by atoms with E-state index < -0.39 is 0 Å². The molecular formula is C26H25FN6O2. The van der Waals surface area contributed by atoms with Gasteiger partial charge in [-0.05, 0) is 42.3 Å². The van der Waals surface area contributed by atoms with Crippen molar-refractivity contribution in [3.05, 3.63) is 94.2 Å². The van der Waals surface area contributed by atoms with Gasteiger partial charge in [0, 0.05) is 38.1 Å². The number of rotatable bonds is 4. The summed E-state index contributed by atoms with van der Waals surface area (Å²) < 4.78 is 15.5. The number of aryl methyl sites for hydroxylation is 1. The first kappa shape index (κ1) is 22.5. The zero-order valence-electron chi connectivity index (χ0n) is 19.3. The summed E-state index contributed by atoms with van der Waals surface area (Å²) in [4.78, 5) is 38.8. The van der Waals surface area contributed by atoms with Crippen molar-refractivity contribution in [3.63, 3.8) is 0 Å². The molecule has 8 nitrogen and oxygen atoms in total. The monoisotopic (exact) mass is 472 g/mol. The van der Waals surface area contributed by atoms with Gasteiger partial charge in [-0.1, -0.05) is 36.4 Å². The van der Waals surface area contributed by atoms with Gasteiger partial charge in [0.25, 0.3) is 5.56 Å². The molecule has 1 fully saturated rings. The van der Waals surface area contributed by atoms with Gasteiger partial charge in [-0.3, -0.25) is 9.36 Å². The summed E-state index contributed by atoms with van der Waals surface area (Å²) in [7, 11) is 0. The highest BCUT2D eigenvalue weighted by molar-refractivity contribution is 5.89. The summed E-state index contributed by atoms with van der Waals surface area (Å²) in [5, 5.41) is 2.75. The summed E-state index contributed by atoms with van der Waals surface area (Å²) in [6.45, 7) is 3.78. The molecular weight excluding hydrogens is 447 g/mol. The zero-order chi connectivity index (χ0) is 24.4. The van der Waals surface area contributed by atoms with Crippen LogP contribution < -0.4 is 15.8 Å². The van der Waals surface area contributed by atoms with Gasteiger partial charge in [0.1, 0.15) is 11.3 Å². The van der Waals surface area contributed by atoms with Gasteiger partial charge in [-0.15, -0.1) is 0 Å². The van der Waals surface area contributed by atoms with Crippen molar-refractivity contribution in [3.8, 4) is 0 Å². The molecule has 0 saturated carbocycles. The van der Waals surface area contributed by atoms with Gasteiger partial charge in [-0.25, -0.2) is 19.2 Å². The summed E-state index contributed by atoms with van der Waals surface area (Å²) in [6, 6.07) is 17.7. The fourth-order valence-corrected chi connectivity index (χ4v) is 4.18. The summed E-state index contributed by atoms with van der Waals surface area (Å²) >= 11 is 0. The molecule has 178 valence electrons. The van der Waals surface area contributed by atoms with E-state index in [0.717, 1.165) is 5.56 Å². The number of piperazine rings is 1. The summed E-state index contributed by atoms with van der Waals surface area (Å²) in [5.41, 5.74) is 2.88. The molecule has 3 heterocycles. The van der Waals surface area contributed by atoms with Crippen molar-refractivity contribution < 1.29 is 9.18 Å². The number of nitrogens with zero attached hydrogens (tertiary/aromatic N) is 5. The smallest absolute Gasteiger partial charge is 0.321 e. The van der Waals surface area contributed by atoms with E-state index >= 15 is 0 Å². The van der Waals surface area contributed by atoms with E-state index in [1.54, 1.807) is 40.8 Å². The van der Waals surface area contributed by atoms with Crippen molar-refractivity contribution in [2.75, 3.05) is 36.4 Å². The topological polar surface area (TPSA) is 83.4 Å². The molecule has 4 aromatic rings. The first-order valence-corrected chi connectivity index (χ1v) is 11.5. The van der Waals surface area contributed by atoms with Gasteiger partial charge in [0.2, 0.25) is 0 Å². The highest BCUT2D eigenvalue weighted by atomic mass is 19.1. The Hall–Kier alpha value is -4.27. The van der Waals surface area contributed by atoms with Crippen molar-refractivity contribution in [1.29, 1.82) is 0 Å². The molecule has 1 aliphatic rings. The lowest BCUT2D eigenvalue weighted by molar-refractivity contribution is 0.208. The number of nitrogens with one attached hydrogen (secondary N) is 1. The van der Waals surface area contributed by atoms with Crippen molar-refractivity contribution in [2.45, 2.75) is 13.5 Å². The quantitative estimate of drug-likeness (QED) is 0.490. The maximum atomic E-state index is 13.8. The number of pyridine rings is 1. The SMILES string of the molecule is Cc1ccc(NC(=O)N2CCN(c3nc4cccnc4n(Cc4ccccc4)c3=O)CC2)cc1F. The molecule has 2 amide bonds. The van der Waals surface area contributed by atoms with Crippen LogP contribution in [0.4, 0.5) is 20.7 Å². The van der Waals surface area contributed by atoms with E-state index in [1.807, 2.05) is 41.3 Å². The van der Waals surface area contributed by atoms with Crippen LogP contribution in [0.15, 0.2) is 71.7 Å². The Morgan fingerprint density at radius 1 is 1.03 bits per heavy atom. The van der Waals surface area contributed by atoms with Crippen LogP contribution in [-0.4, -0.2) is 51.6 Å². The molecule has 0 spiro atoms. The third-order valence-corrected chi connectivity index (χ3v) is 6.16. The molecule has 35 heavy (non-hydrogen) atoms. The van der Waals surface area contributed by atoms with Crippen LogP contribution in [0.5, 0.6) is 0 Å². The van der Waals surface area contributed by atoms with Gasteiger partial charge in [0.05, 0.1) is 6.54 Å². The predicted octanol–water partition coefficient (Wildman–Crippen LogP) is 3.64.